The topological polar surface area (TPSA) is 41.6 Å². The Kier molecular flexibility index (Phi) is 6.64. The van der Waals surface area contributed by atoms with E-state index in [9.17, 15) is 26.3 Å². The zero-order chi connectivity index (χ0) is 23.9. The molecule has 0 amide bonds. The second kappa shape index (κ2) is 8.67. The van der Waals surface area contributed by atoms with Crippen LogP contribution in [0.2, 0.25) is 10.0 Å². The molecule has 0 saturated carbocycles. The average Bonchev–Trinajstić information content (AvgIpc) is 3.11. The summed E-state index contributed by atoms with van der Waals surface area (Å²) in [6.07, 6.45) is -9.73. The minimum atomic E-state index is -4.70. The molecule has 1 heterocycles. The summed E-state index contributed by atoms with van der Waals surface area (Å²) in [7, 11) is 0. The molecule has 3 nitrogen and oxygen atoms in total. The Balaban J connectivity index is 2.02. The molecule has 0 spiro atoms. The van der Waals surface area contributed by atoms with E-state index in [1.54, 1.807) is 0 Å². The molecule has 1 fully saturated rings. The molecule has 1 aliphatic heterocycles. The van der Waals surface area contributed by atoms with Gasteiger partial charge in [-0.1, -0.05) is 29.3 Å². The third-order valence-corrected chi connectivity index (χ3v) is 5.93. The summed E-state index contributed by atoms with van der Waals surface area (Å²) < 4.78 is 83.6. The van der Waals surface area contributed by atoms with Gasteiger partial charge in [-0.3, -0.25) is 4.99 Å². The quantitative estimate of drug-likeness (QED) is 0.293. The van der Waals surface area contributed by atoms with Crippen molar-refractivity contribution in [3.05, 3.63) is 63.1 Å². The molecule has 0 aromatic heterocycles. The van der Waals surface area contributed by atoms with Crippen LogP contribution in [0.3, 0.4) is 0 Å². The van der Waals surface area contributed by atoms with Crippen LogP contribution in [0.15, 0.2) is 41.4 Å². The summed E-state index contributed by atoms with van der Waals surface area (Å²) in [6.45, 7) is 0.500. The first kappa shape index (κ1) is 24.5. The first-order valence-electron chi connectivity index (χ1n) is 9.48. The van der Waals surface area contributed by atoms with Crippen molar-refractivity contribution in [1.82, 2.24) is 0 Å². The van der Waals surface area contributed by atoms with Gasteiger partial charge in [-0.15, -0.1) is 0 Å². The lowest BCUT2D eigenvalue weighted by molar-refractivity contribution is -0.184. The van der Waals surface area contributed by atoms with Gasteiger partial charge < -0.3 is 10.6 Å². The van der Waals surface area contributed by atoms with Crippen molar-refractivity contribution >= 4 is 34.7 Å². The smallest absolute Gasteiger partial charge is 0.388 e. The predicted octanol–water partition coefficient (Wildman–Crippen LogP) is 6.60. The SMILES string of the molecule is CC(N)=NCc1ccc(N2CCC(c3cc(Cl)cc(Cl)c3)(C(F)(F)F)C2)cc1C(F)(F)F. The molecular weight excluding hydrogens is 479 g/mol. The van der Waals surface area contributed by atoms with Crippen LogP contribution in [-0.2, 0) is 18.1 Å². The molecule has 3 rings (SSSR count). The van der Waals surface area contributed by atoms with Gasteiger partial charge in [0.1, 0.15) is 5.41 Å². The Morgan fingerprint density at radius 2 is 1.69 bits per heavy atom. The van der Waals surface area contributed by atoms with Gasteiger partial charge in [-0.05, 0) is 54.8 Å². The Hall–Kier alpha value is -2.13. The molecule has 11 heteroatoms. The Morgan fingerprint density at radius 1 is 1.06 bits per heavy atom. The fourth-order valence-corrected chi connectivity index (χ4v) is 4.39. The maximum Gasteiger partial charge on any atom is 0.416 e. The van der Waals surface area contributed by atoms with E-state index >= 15 is 0 Å². The fourth-order valence-electron chi connectivity index (χ4n) is 3.86. The number of nitrogens with zero attached hydrogens (tertiary/aromatic N) is 2. The number of amidine groups is 1. The molecule has 2 aromatic rings. The zero-order valence-corrected chi connectivity index (χ0v) is 18.3. The normalized spacial score (nSPS) is 20.2. The van der Waals surface area contributed by atoms with Gasteiger partial charge in [-0.25, -0.2) is 0 Å². The molecule has 2 aromatic carbocycles. The highest BCUT2D eigenvalue weighted by Gasteiger charge is 2.59. The van der Waals surface area contributed by atoms with Crippen LogP contribution in [0.1, 0.15) is 30.0 Å². The number of hydrogen-bond donors (Lipinski definition) is 1. The number of aliphatic imine (C=N–C) groups is 1. The number of halogens is 8. The van der Waals surface area contributed by atoms with Crippen LogP contribution < -0.4 is 10.6 Å². The van der Waals surface area contributed by atoms with Crippen molar-refractivity contribution in [2.24, 2.45) is 10.7 Å². The molecule has 1 atom stereocenters. The van der Waals surface area contributed by atoms with Crippen LogP contribution in [-0.4, -0.2) is 25.1 Å². The number of alkyl halides is 6. The molecule has 0 radical (unpaired) electrons. The summed E-state index contributed by atoms with van der Waals surface area (Å²) in [6, 6.07) is 7.15. The van der Waals surface area contributed by atoms with E-state index in [0.29, 0.717) is 0 Å². The molecule has 1 aliphatic rings. The molecule has 1 unspecified atom stereocenters. The Morgan fingerprint density at radius 3 is 2.22 bits per heavy atom. The lowest BCUT2D eigenvalue weighted by atomic mass is 9.79. The second-order valence-corrected chi connectivity index (χ2v) is 8.58. The van der Waals surface area contributed by atoms with Crippen LogP contribution in [0.4, 0.5) is 32.0 Å². The molecule has 1 saturated heterocycles. The maximum atomic E-state index is 14.2. The van der Waals surface area contributed by atoms with Gasteiger partial charge in [0, 0.05) is 28.8 Å². The van der Waals surface area contributed by atoms with Gasteiger partial charge in [0.05, 0.1) is 17.9 Å². The Labute approximate surface area is 190 Å². The minimum Gasteiger partial charge on any atom is -0.388 e. The van der Waals surface area contributed by atoms with Crippen LogP contribution >= 0.6 is 23.2 Å². The van der Waals surface area contributed by atoms with E-state index in [0.717, 1.165) is 6.07 Å². The summed E-state index contributed by atoms with van der Waals surface area (Å²) in [5, 5.41) is 0.100. The maximum absolute atomic E-state index is 14.2. The van der Waals surface area contributed by atoms with Crippen LogP contribution in [0, 0.1) is 0 Å². The first-order chi connectivity index (χ1) is 14.7. The highest BCUT2D eigenvalue weighted by Crippen LogP contribution is 2.50. The van der Waals surface area contributed by atoms with E-state index < -0.39 is 29.9 Å². The largest absolute Gasteiger partial charge is 0.416 e. The number of hydrogen-bond acceptors (Lipinski definition) is 2. The summed E-state index contributed by atoms with van der Waals surface area (Å²) in [5.41, 5.74) is 1.93. The second-order valence-electron chi connectivity index (χ2n) is 7.71. The third-order valence-electron chi connectivity index (χ3n) is 5.49. The fraction of sp³-hybridized carbons (Fsp3) is 0.381. The third kappa shape index (κ3) is 4.93. The van der Waals surface area contributed by atoms with Crippen molar-refractivity contribution in [1.29, 1.82) is 0 Å². The molecule has 32 heavy (non-hydrogen) atoms. The van der Waals surface area contributed by atoms with Crippen molar-refractivity contribution < 1.29 is 26.3 Å². The van der Waals surface area contributed by atoms with Crippen molar-refractivity contribution in [2.45, 2.75) is 37.7 Å². The number of nitrogens with two attached hydrogens (primary N) is 1. The van der Waals surface area contributed by atoms with Gasteiger partial charge in [0.15, 0.2) is 0 Å². The van der Waals surface area contributed by atoms with E-state index in [4.69, 9.17) is 28.9 Å². The van der Waals surface area contributed by atoms with E-state index in [2.05, 4.69) is 4.99 Å². The first-order valence-corrected chi connectivity index (χ1v) is 10.2. The van der Waals surface area contributed by atoms with E-state index in [-0.39, 0.29) is 52.2 Å². The van der Waals surface area contributed by atoms with Gasteiger partial charge >= 0.3 is 12.4 Å². The summed E-state index contributed by atoms with van der Waals surface area (Å²) in [5.74, 6) is 0.122. The monoisotopic (exact) mass is 497 g/mol. The van der Waals surface area contributed by atoms with Crippen molar-refractivity contribution in [3.8, 4) is 0 Å². The standard InChI is InChI=1S/C21H19Cl2F6N3/c1-12(30)31-10-13-2-3-17(9-18(13)20(24,25)26)32-5-4-19(11-32,21(27,28)29)14-6-15(22)8-16(23)7-14/h2-3,6-9H,4-5,10-11H2,1H3,(H2,30,31). The number of rotatable bonds is 4. The van der Waals surface area contributed by atoms with E-state index in [1.807, 2.05) is 0 Å². The van der Waals surface area contributed by atoms with Crippen molar-refractivity contribution in [3.63, 3.8) is 0 Å². The summed E-state index contributed by atoms with van der Waals surface area (Å²) >= 11 is 11.8. The van der Waals surface area contributed by atoms with Crippen LogP contribution in [0.25, 0.3) is 0 Å². The van der Waals surface area contributed by atoms with Gasteiger partial charge in [0.25, 0.3) is 0 Å². The molecule has 2 N–H and O–H groups in total. The highest BCUT2D eigenvalue weighted by atomic mass is 35.5. The van der Waals surface area contributed by atoms with Crippen molar-refractivity contribution in [2.75, 3.05) is 18.0 Å². The lowest BCUT2D eigenvalue weighted by Crippen LogP contribution is -2.44. The van der Waals surface area contributed by atoms with Gasteiger partial charge in [0.2, 0.25) is 0 Å². The average molecular weight is 498 g/mol. The highest BCUT2D eigenvalue weighted by molar-refractivity contribution is 6.34. The van der Waals surface area contributed by atoms with Gasteiger partial charge in [-0.2, -0.15) is 26.3 Å². The van der Waals surface area contributed by atoms with Crippen LogP contribution in [0.5, 0.6) is 0 Å². The number of anilines is 1. The molecular formula is C21H19Cl2F6N3. The lowest BCUT2D eigenvalue weighted by Gasteiger charge is -2.33. The number of benzene rings is 2. The zero-order valence-electron chi connectivity index (χ0n) is 16.8. The Bertz CT molecular complexity index is 1010. The van der Waals surface area contributed by atoms with E-state index in [1.165, 1.54) is 42.2 Å². The molecule has 174 valence electrons. The predicted molar refractivity (Wildman–Crippen MR) is 113 cm³/mol. The molecule has 0 aliphatic carbocycles. The molecule has 0 bridgehead atoms. The minimum absolute atomic E-state index is 0.0359. The summed E-state index contributed by atoms with van der Waals surface area (Å²) in [4.78, 5) is 5.11.